The summed E-state index contributed by atoms with van der Waals surface area (Å²) in [6.07, 6.45) is 3.98. The molecule has 2 rings (SSSR count). The van der Waals surface area contributed by atoms with E-state index in [-0.39, 0.29) is 0 Å². The summed E-state index contributed by atoms with van der Waals surface area (Å²) in [4.78, 5) is 11.5. The van der Waals surface area contributed by atoms with Gasteiger partial charge in [-0.05, 0) is 13.5 Å². The van der Waals surface area contributed by atoms with Gasteiger partial charge in [0.05, 0.1) is 17.1 Å². The fourth-order valence-corrected chi connectivity index (χ4v) is 1.92. The molecular formula is C11H17N3. The molecule has 3 heteroatoms. The summed E-state index contributed by atoms with van der Waals surface area (Å²) < 4.78 is 0. The Morgan fingerprint density at radius 2 is 2.00 bits per heavy atom. The van der Waals surface area contributed by atoms with Crippen molar-refractivity contribution >= 4 is 0 Å². The molecule has 0 fully saturated rings. The van der Waals surface area contributed by atoms with Crippen molar-refractivity contribution in [2.75, 3.05) is 19.6 Å². The Balaban J connectivity index is 2.21. The van der Waals surface area contributed by atoms with Crippen LogP contribution in [-0.4, -0.2) is 34.5 Å². The molecule has 1 aliphatic rings. The molecule has 0 saturated heterocycles. The van der Waals surface area contributed by atoms with Crippen molar-refractivity contribution in [3.05, 3.63) is 23.3 Å². The summed E-state index contributed by atoms with van der Waals surface area (Å²) in [5.74, 6) is 0. The van der Waals surface area contributed by atoms with Crippen molar-refractivity contribution in [2.24, 2.45) is 0 Å². The van der Waals surface area contributed by atoms with Crippen molar-refractivity contribution in [3.63, 3.8) is 0 Å². The van der Waals surface area contributed by atoms with E-state index in [1.54, 1.807) is 0 Å². The molecule has 0 spiro atoms. The first-order valence-corrected chi connectivity index (χ1v) is 5.33. The fraction of sp³-hybridized carbons (Fsp3) is 0.636. The van der Waals surface area contributed by atoms with Gasteiger partial charge in [-0.15, -0.1) is 0 Å². The molecule has 0 N–H and O–H groups in total. The van der Waals surface area contributed by atoms with Crippen molar-refractivity contribution in [3.8, 4) is 0 Å². The Morgan fingerprint density at radius 3 is 2.71 bits per heavy atom. The van der Waals surface area contributed by atoms with E-state index in [2.05, 4.69) is 21.8 Å². The highest BCUT2D eigenvalue weighted by Crippen LogP contribution is 2.11. The van der Waals surface area contributed by atoms with Crippen LogP contribution in [0.2, 0.25) is 0 Å². The third kappa shape index (κ3) is 1.93. The highest BCUT2D eigenvalue weighted by molar-refractivity contribution is 5.15. The smallest absolute Gasteiger partial charge is 0.0635 e. The van der Waals surface area contributed by atoms with Gasteiger partial charge in [0.25, 0.3) is 0 Å². The maximum absolute atomic E-state index is 4.55. The summed E-state index contributed by atoms with van der Waals surface area (Å²) in [5, 5.41) is 0. The van der Waals surface area contributed by atoms with Crippen LogP contribution in [0.15, 0.2) is 6.20 Å². The molecule has 0 aromatic carbocycles. The van der Waals surface area contributed by atoms with Crippen molar-refractivity contribution in [2.45, 2.75) is 26.7 Å². The standard InChI is InChI=1S/C11H17N3/c1-3-14-6-4-10-11(5-7-14)13-9(2)8-12-10/h8H,3-7H2,1-2H3. The molecule has 0 radical (unpaired) electrons. The third-order valence-electron chi connectivity index (χ3n) is 2.83. The van der Waals surface area contributed by atoms with Gasteiger partial charge in [-0.2, -0.15) is 0 Å². The molecule has 1 aromatic heterocycles. The van der Waals surface area contributed by atoms with Gasteiger partial charge < -0.3 is 4.90 Å². The molecule has 0 atom stereocenters. The second kappa shape index (κ2) is 4.05. The normalized spacial score (nSPS) is 17.6. The number of hydrogen-bond donors (Lipinski definition) is 0. The van der Waals surface area contributed by atoms with Crippen LogP contribution in [0.1, 0.15) is 24.0 Å². The van der Waals surface area contributed by atoms with E-state index in [4.69, 9.17) is 0 Å². The van der Waals surface area contributed by atoms with Crippen LogP contribution in [0.4, 0.5) is 0 Å². The van der Waals surface area contributed by atoms with E-state index in [1.807, 2.05) is 13.1 Å². The Morgan fingerprint density at radius 1 is 1.29 bits per heavy atom. The van der Waals surface area contributed by atoms with Crippen LogP contribution >= 0.6 is 0 Å². The van der Waals surface area contributed by atoms with Crippen molar-refractivity contribution in [1.82, 2.24) is 14.9 Å². The second-order valence-electron chi connectivity index (χ2n) is 3.84. The first-order valence-electron chi connectivity index (χ1n) is 5.33. The van der Waals surface area contributed by atoms with Gasteiger partial charge in [0.1, 0.15) is 0 Å². The predicted octanol–water partition coefficient (Wildman–Crippen LogP) is 1.21. The summed E-state index contributed by atoms with van der Waals surface area (Å²) in [7, 11) is 0. The number of rotatable bonds is 1. The SMILES string of the molecule is CCN1CCc2ncc(C)nc2CC1. The van der Waals surface area contributed by atoms with Gasteiger partial charge in [0, 0.05) is 32.1 Å². The van der Waals surface area contributed by atoms with Gasteiger partial charge in [0.2, 0.25) is 0 Å². The van der Waals surface area contributed by atoms with Crippen LogP contribution in [0, 0.1) is 6.92 Å². The molecular weight excluding hydrogens is 174 g/mol. The molecule has 2 heterocycles. The van der Waals surface area contributed by atoms with Crippen molar-refractivity contribution in [1.29, 1.82) is 0 Å². The monoisotopic (exact) mass is 191 g/mol. The van der Waals surface area contributed by atoms with E-state index in [0.717, 1.165) is 38.2 Å². The molecule has 1 aliphatic heterocycles. The van der Waals surface area contributed by atoms with E-state index < -0.39 is 0 Å². The fourth-order valence-electron chi connectivity index (χ4n) is 1.92. The molecule has 1 aromatic rings. The topological polar surface area (TPSA) is 29.0 Å². The number of likely N-dealkylation sites (N-methyl/N-ethyl adjacent to an activating group) is 1. The summed E-state index contributed by atoms with van der Waals surface area (Å²) in [5.41, 5.74) is 3.45. The zero-order valence-electron chi connectivity index (χ0n) is 8.95. The van der Waals surface area contributed by atoms with Crippen LogP contribution in [0.3, 0.4) is 0 Å². The molecule has 0 bridgehead atoms. The average Bonchev–Trinajstić information content (AvgIpc) is 2.39. The molecule has 3 nitrogen and oxygen atoms in total. The minimum atomic E-state index is 1.04. The van der Waals surface area contributed by atoms with Gasteiger partial charge in [-0.25, -0.2) is 0 Å². The van der Waals surface area contributed by atoms with Crippen molar-refractivity contribution < 1.29 is 0 Å². The zero-order valence-corrected chi connectivity index (χ0v) is 8.95. The van der Waals surface area contributed by atoms with E-state index in [0.29, 0.717) is 0 Å². The maximum Gasteiger partial charge on any atom is 0.0635 e. The first kappa shape index (κ1) is 9.59. The predicted molar refractivity (Wildman–Crippen MR) is 56.3 cm³/mol. The summed E-state index contributed by atoms with van der Waals surface area (Å²) in [6, 6.07) is 0. The number of nitrogens with zero attached hydrogens (tertiary/aromatic N) is 3. The van der Waals surface area contributed by atoms with Gasteiger partial charge in [-0.1, -0.05) is 6.92 Å². The molecule has 14 heavy (non-hydrogen) atoms. The first-order chi connectivity index (χ1) is 6.79. The summed E-state index contributed by atoms with van der Waals surface area (Å²) >= 11 is 0. The second-order valence-corrected chi connectivity index (χ2v) is 3.84. The Labute approximate surface area is 85.2 Å². The minimum Gasteiger partial charge on any atom is -0.303 e. The largest absolute Gasteiger partial charge is 0.303 e. The lowest BCUT2D eigenvalue weighted by Crippen LogP contribution is -2.25. The Bertz CT molecular complexity index is 322. The lowest BCUT2D eigenvalue weighted by molar-refractivity contribution is 0.302. The Hall–Kier alpha value is -0.960. The van der Waals surface area contributed by atoms with Gasteiger partial charge in [0.15, 0.2) is 0 Å². The highest BCUT2D eigenvalue weighted by atomic mass is 15.1. The highest BCUT2D eigenvalue weighted by Gasteiger charge is 2.14. The number of fused-ring (bicyclic) bond motifs is 1. The molecule has 0 saturated carbocycles. The lowest BCUT2D eigenvalue weighted by Gasteiger charge is -2.15. The molecule has 0 unspecified atom stereocenters. The average molecular weight is 191 g/mol. The lowest BCUT2D eigenvalue weighted by atomic mass is 10.2. The minimum absolute atomic E-state index is 1.04. The quantitative estimate of drug-likeness (QED) is 0.668. The van der Waals surface area contributed by atoms with E-state index in [1.165, 1.54) is 11.4 Å². The van der Waals surface area contributed by atoms with Crippen LogP contribution in [-0.2, 0) is 12.8 Å². The van der Waals surface area contributed by atoms with E-state index in [9.17, 15) is 0 Å². The van der Waals surface area contributed by atoms with E-state index >= 15 is 0 Å². The van der Waals surface area contributed by atoms with Gasteiger partial charge >= 0.3 is 0 Å². The molecule has 76 valence electrons. The van der Waals surface area contributed by atoms with Gasteiger partial charge in [-0.3, -0.25) is 9.97 Å². The number of hydrogen-bond acceptors (Lipinski definition) is 3. The number of aryl methyl sites for hydroxylation is 1. The number of aromatic nitrogens is 2. The van der Waals surface area contributed by atoms with Crippen LogP contribution in [0.25, 0.3) is 0 Å². The van der Waals surface area contributed by atoms with Crippen LogP contribution < -0.4 is 0 Å². The zero-order chi connectivity index (χ0) is 9.97. The molecule has 0 aliphatic carbocycles. The van der Waals surface area contributed by atoms with Crippen LogP contribution in [0.5, 0.6) is 0 Å². The maximum atomic E-state index is 4.55. The summed E-state index contributed by atoms with van der Waals surface area (Å²) in [6.45, 7) is 7.60. The third-order valence-corrected chi connectivity index (χ3v) is 2.83. The molecule has 0 amide bonds. The Kier molecular flexibility index (Phi) is 2.77.